The molecule has 1 saturated carbocycles. The lowest BCUT2D eigenvalue weighted by Crippen LogP contribution is -2.35. The zero-order valence-corrected chi connectivity index (χ0v) is 12.2. The zero-order chi connectivity index (χ0) is 15.6. The maximum absolute atomic E-state index is 13.4. The fraction of sp³-hybridized carbons (Fsp3) is 0.462. The van der Waals surface area contributed by atoms with Crippen LogP contribution in [0.1, 0.15) is 19.8 Å². The second kappa shape index (κ2) is 5.97. The van der Waals surface area contributed by atoms with Gasteiger partial charge < -0.3 is 5.32 Å². The number of benzene rings is 1. The van der Waals surface area contributed by atoms with Crippen LogP contribution >= 0.6 is 0 Å². The normalized spacial score (nSPS) is 16.3. The van der Waals surface area contributed by atoms with Crippen molar-refractivity contribution in [3.05, 3.63) is 29.8 Å². The molecule has 21 heavy (non-hydrogen) atoms. The summed E-state index contributed by atoms with van der Waals surface area (Å²) < 4.78 is 52.0. The molecule has 1 atom stereocenters. The van der Waals surface area contributed by atoms with Gasteiger partial charge in [-0.2, -0.15) is 0 Å². The molecule has 5 nitrogen and oxygen atoms in total. The number of halogens is 2. The predicted octanol–water partition coefficient (Wildman–Crippen LogP) is 1.62. The van der Waals surface area contributed by atoms with Crippen LogP contribution in [-0.2, 0) is 14.8 Å². The minimum atomic E-state index is -3.90. The minimum absolute atomic E-state index is 0.144. The van der Waals surface area contributed by atoms with Crippen molar-refractivity contribution in [3.8, 4) is 0 Å². The van der Waals surface area contributed by atoms with Gasteiger partial charge in [0.25, 0.3) is 0 Å². The quantitative estimate of drug-likeness (QED) is 0.837. The molecule has 0 saturated heterocycles. The van der Waals surface area contributed by atoms with Crippen molar-refractivity contribution < 1.29 is 22.0 Å². The fourth-order valence-electron chi connectivity index (χ4n) is 1.76. The van der Waals surface area contributed by atoms with E-state index in [4.69, 9.17) is 0 Å². The van der Waals surface area contributed by atoms with Gasteiger partial charge in [0.05, 0.1) is 17.4 Å². The van der Waals surface area contributed by atoms with Crippen molar-refractivity contribution in [1.29, 1.82) is 0 Å². The van der Waals surface area contributed by atoms with Crippen LogP contribution in [0, 0.1) is 17.6 Å². The monoisotopic (exact) mass is 318 g/mol. The van der Waals surface area contributed by atoms with Gasteiger partial charge in [0.1, 0.15) is 11.6 Å². The molecule has 2 rings (SSSR count). The first kappa shape index (κ1) is 15.7. The standard InChI is InChI=1S/C13H16F2N2O3S/c1-8(13(18)16-10-3-4-10)7-21(19,20)17-12-5-2-9(14)6-11(12)15/h2,5-6,8,10,17H,3-4,7H2,1H3,(H,16,18). The number of hydrogen-bond acceptors (Lipinski definition) is 3. The van der Waals surface area contributed by atoms with E-state index in [1.165, 1.54) is 6.92 Å². The maximum Gasteiger partial charge on any atom is 0.233 e. The molecule has 1 aliphatic carbocycles. The highest BCUT2D eigenvalue weighted by molar-refractivity contribution is 7.92. The first-order valence-corrected chi connectivity index (χ1v) is 8.18. The molecule has 0 aromatic heterocycles. The highest BCUT2D eigenvalue weighted by Gasteiger charge is 2.28. The lowest BCUT2D eigenvalue weighted by Gasteiger charge is -2.14. The molecule has 2 N–H and O–H groups in total. The van der Waals surface area contributed by atoms with Gasteiger partial charge in [-0.05, 0) is 25.0 Å². The van der Waals surface area contributed by atoms with E-state index >= 15 is 0 Å². The SMILES string of the molecule is CC(CS(=O)(=O)Nc1ccc(F)cc1F)C(=O)NC1CC1. The third-order valence-electron chi connectivity index (χ3n) is 3.04. The first-order chi connectivity index (χ1) is 9.77. The summed E-state index contributed by atoms with van der Waals surface area (Å²) in [5.74, 6) is -3.38. The van der Waals surface area contributed by atoms with Crippen LogP contribution < -0.4 is 10.0 Å². The molecular weight excluding hydrogens is 302 g/mol. The lowest BCUT2D eigenvalue weighted by atomic mass is 10.2. The van der Waals surface area contributed by atoms with Crippen LogP contribution in [0.2, 0.25) is 0 Å². The Bertz CT molecular complexity index is 645. The summed E-state index contributed by atoms with van der Waals surface area (Å²) >= 11 is 0. The van der Waals surface area contributed by atoms with Crippen LogP contribution in [0.25, 0.3) is 0 Å². The molecule has 1 aromatic carbocycles. The summed E-state index contributed by atoms with van der Waals surface area (Å²) in [4.78, 5) is 11.7. The topological polar surface area (TPSA) is 75.3 Å². The number of sulfonamides is 1. The summed E-state index contributed by atoms with van der Waals surface area (Å²) in [6.45, 7) is 1.48. The molecule has 1 fully saturated rings. The van der Waals surface area contributed by atoms with Crippen LogP contribution in [0.5, 0.6) is 0 Å². The second-order valence-electron chi connectivity index (χ2n) is 5.19. The number of amides is 1. The molecule has 1 unspecified atom stereocenters. The molecule has 1 aromatic rings. The molecule has 0 aliphatic heterocycles. The van der Waals surface area contributed by atoms with E-state index in [0.717, 1.165) is 25.0 Å². The van der Waals surface area contributed by atoms with E-state index in [9.17, 15) is 22.0 Å². The lowest BCUT2D eigenvalue weighted by molar-refractivity contribution is -0.124. The first-order valence-electron chi connectivity index (χ1n) is 6.53. The van der Waals surface area contributed by atoms with Crippen LogP contribution in [-0.4, -0.2) is 26.1 Å². The molecule has 1 amide bonds. The van der Waals surface area contributed by atoms with Crippen LogP contribution in [0.3, 0.4) is 0 Å². The van der Waals surface area contributed by atoms with E-state index in [-0.39, 0.29) is 17.6 Å². The second-order valence-corrected chi connectivity index (χ2v) is 6.96. The van der Waals surface area contributed by atoms with Crippen molar-refractivity contribution in [3.63, 3.8) is 0 Å². The Morgan fingerprint density at radius 2 is 2.05 bits per heavy atom. The van der Waals surface area contributed by atoms with E-state index in [2.05, 4.69) is 5.32 Å². The Morgan fingerprint density at radius 3 is 2.62 bits per heavy atom. The zero-order valence-electron chi connectivity index (χ0n) is 11.4. The Balaban J connectivity index is 1.98. The van der Waals surface area contributed by atoms with E-state index in [1.807, 2.05) is 4.72 Å². The number of rotatable bonds is 6. The van der Waals surface area contributed by atoms with Crippen molar-refractivity contribution in [1.82, 2.24) is 5.32 Å². The number of anilines is 1. The molecule has 0 spiro atoms. The molecular formula is C13H16F2N2O3S. The van der Waals surface area contributed by atoms with Crippen LogP contribution in [0.15, 0.2) is 18.2 Å². The number of carbonyl (C=O) groups excluding carboxylic acids is 1. The molecule has 1 aliphatic rings. The van der Waals surface area contributed by atoms with Gasteiger partial charge in [-0.25, -0.2) is 17.2 Å². The van der Waals surface area contributed by atoms with E-state index in [1.54, 1.807) is 0 Å². The highest BCUT2D eigenvalue weighted by atomic mass is 32.2. The Morgan fingerprint density at radius 1 is 1.38 bits per heavy atom. The summed E-state index contributed by atoms with van der Waals surface area (Å²) in [5, 5.41) is 2.70. The third-order valence-corrected chi connectivity index (χ3v) is 4.51. The van der Waals surface area contributed by atoms with Crippen LogP contribution in [0.4, 0.5) is 14.5 Å². The number of carbonyl (C=O) groups is 1. The smallest absolute Gasteiger partial charge is 0.233 e. The summed E-state index contributed by atoms with van der Waals surface area (Å²) in [7, 11) is -3.90. The molecule has 116 valence electrons. The predicted molar refractivity (Wildman–Crippen MR) is 74.1 cm³/mol. The van der Waals surface area contributed by atoms with Gasteiger partial charge in [0.2, 0.25) is 15.9 Å². The van der Waals surface area contributed by atoms with Gasteiger partial charge in [0, 0.05) is 12.1 Å². The molecule has 0 bridgehead atoms. The largest absolute Gasteiger partial charge is 0.353 e. The Labute approximate surface area is 121 Å². The Kier molecular flexibility index (Phi) is 4.46. The fourth-order valence-corrected chi connectivity index (χ4v) is 3.15. The maximum atomic E-state index is 13.4. The number of nitrogens with one attached hydrogen (secondary N) is 2. The van der Waals surface area contributed by atoms with E-state index < -0.39 is 33.3 Å². The number of hydrogen-bond donors (Lipinski definition) is 2. The average Bonchev–Trinajstić information content (AvgIpc) is 3.16. The van der Waals surface area contributed by atoms with Crippen molar-refractivity contribution in [2.75, 3.05) is 10.5 Å². The average molecular weight is 318 g/mol. The van der Waals surface area contributed by atoms with Gasteiger partial charge in [-0.15, -0.1) is 0 Å². The summed E-state index contributed by atoms with van der Waals surface area (Å²) in [6, 6.07) is 2.67. The summed E-state index contributed by atoms with van der Waals surface area (Å²) in [6.07, 6.45) is 1.81. The molecule has 0 radical (unpaired) electrons. The van der Waals surface area contributed by atoms with Gasteiger partial charge in [-0.1, -0.05) is 6.92 Å². The van der Waals surface area contributed by atoms with Gasteiger partial charge >= 0.3 is 0 Å². The minimum Gasteiger partial charge on any atom is -0.353 e. The van der Waals surface area contributed by atoms with Crippen molar-refractivity contribution >= 4 is 21.6 Å². The molecule has 0 heterocycles. The highest BCUT2D eigenvalue weighted by Crippen LogP contribution is 2.20. The van der Waals surface area contributed by atoms with Crippen molar-refractivity contribution in [2.45, 2.75) is 25.8 Å². The van der Waals surface area contributed by atoms with Gasteiger partial charge in [-0.3, -0.25) is 9.52 Å². The molecule has 8 heteroatoms. The summed E-state index contributed by atoms with van der Waals surface area (Å²) in [5.41, 5.74) is -0.341. The third kappa shape index (κ3) is 4.66. The van der Waals surface area contributed by atoms with Crippen molar-refractivity contribution in [2.24, 2.45) is 5.92 Å². The van der Waals surface area contributed by atoms with Gasteiger partial charge in [0.15, 0.2) is 0 Å². The Hall–Kier alpha value is -1.70. The van der Waals surface area contributed by atoms with E-state index in [0.29, 0.717) is 6.07 Å².